The van der Waals surface area contributed by atoms with Gasteiger partial charge in [-0.1, -0.05) is 35.9 Å². The highest BCUT2D eigenvalue weighted by molar-refractivity contribution is 6.33. The lowest BCUT2D eigenvalue weighted by atomic mass is 10.1. The molecule has 9 heteroatoms. The number of hydrogen-bond donors (Lipinski definition) is 2. The molecular formula is C29H33ClN6O2. The van der Waals surface area contributed by atoms with Crippen molar-refractivity contribution in [2.75, 3.05) is 44.9 Å². The standard InChI is InChI=1S/C29H33ClN6O2/c1-35(2)12-5-13-38-24-7-4-6-21(15-24)19-36(3)28-26(30)16-23(18-33-28)29(37)34-17-20-8-9-25-22(14-20)10-11-32-27(25)31/h4,6-11,14-16,18H,5,12-13,17,19H2,1-3H3,(H2,31,32)(H,34,37). The van der Waals surface area contributed by atoms with Crippen LogP contribution >= 0.6 is 11.6 Å². The summed E-state index contributed by atoms with van der Waals surface area (Å²) in [5.41, 5.74) is 8.35. The fraction of sp³-hybridized carbons (Fsp3) is 0.276. The predicted octanol–water partition coefficient (Wildman–Crippen LogP) is 4.76. The van der Waals surface area contributed by atoms with E-state index in [1.807, 2.05) is 60.5 Å². The van der Waals surface area contributed by atoms with Crippen molar-refractivity contribution in [3.05, 3.63) is 88.7 Å². The second-order valence-corrected chi connectivity index (χ2v) is 9.88. The van der Waals surface area contributed by atoms with Gasteiger partial charge < -0.3 is 25.6 Å². The van der Waals surface area contributed by atoms with Crippen LogP contribution in [-0.4, -0.2) is 55.1 Å². The molecule has 0 fully saturated rings. The van der Waals surface area contributed by atoms with Gasteiger partial charge in [-0.05, 0) is 67.4 Å². The van der Waals surface area contributed by atoms with Crippen molar-refractivity contribution >= 4 is 39.9 Å². The summed E-state index contributed by atoms with van der Waals surface area (Å²) in [6.07, 6.45) is 4.18. The van der Waals surface area contributed by atoms with Crippen LogP contribution in [0.4, 0.5) is 11.6 Å². The molecule has 0 aliphatic rings. The van der Waals surface area contributed by atoms with Gasteiger partial charge in [0.25, 0.3) is 5.91 Å². The molecule has 0 atom stereocenters. The molecule has 0 saturated heterocycles. The average molecular weight is 533 g/mol. The first-order chi connectivity index (χ1) is 18.3. The van der Waals surface area contributed by atoms with E-state index in [1.165, 1.54) is 0 Å². The molecule has 4 rings (SSSR count). The summed E-state index contributed by atoms with van der Waals surface area (Å²) in [5.74, 6) is 1.68. The molecule has 0 aliphatic carbocycles. The molecule has 0 saturated carbocycles. The lowest BCUT2D eigenvalue weighted by Gasteiger charge is -2.20. The van der Waals surface area contributed by atoms with Crippen LogP contribution in [0.3, 0.4) is 0 Å². The van der Waals surface area contributed by atoms with Crippen molar-refractivity contribution in [3.8, 4) is 5.75 Å². The monoisotopic (exact) mass is 532 g/mol. The third-order valence-corrected chi connectivity index (χ3v) is 6.37. The minimum absolute atomic E-state index is 0.248. The fourth-order valence-corrected chi connectivity index (χ4v) is 4.44. The van der Waals surface area contributed by atoms with Gasteiger partial charge in [0.15, 0.2) is 0 Å². The van der Waals surface area contributed by atoms with Crippen LogP contribution in [0, 0.1) is 0 Å². The van der Waals surface area contributed by atoms with Gasteiger partial charge in [-0.15, -0.1) is 0 Å². The Hall–Kier alpha value is -3.88. The number of fused-ring (bicyclic) bond motifs is 1. The van der Waals surface area contributed by atoms with Gasteiger partial charge in [-0.2, -0.15) is 0 Å². The maximum Gasteiger partial charge on any atom is 0.253 e. The number of aromatic nitrogens is 2. The number of amides is 1. The van der Waals surface area contributed by atoms with Gasteiger partial charge in [0.1, 0.15) is 17.4 Å². The van der Waals surface area contributed by atoms with Crippen molar-refractivity contribution in [1.29, 1.82) is 0 Å². The largest absolute Gasteiger partial charge is 0.494 e. The highest BCUT2D eigenvalue weighted by Crippen LogP contribution is 2.26. The minimum atomic E-state index is -0.248. The molecule has 2 heterocycles. The molecule has 0 unspecified atom stereocenters. The van der Waals surface area contributed by atoms with Gasteiger partial charge in [0, 0.05) is 44.5 Å². The quantitative estimate of drug-likeness (QED) is 0.269. The van der Waals surface area contributed by atoms with Crippen molar-refractivity contribution in [1.82, 2.24) is 20.2 Å². The Kier molecular flexibility index (Phi) is 8.99. The maximum atomic E-state index is 12.8. The summed E-state index contributed by atoms with van der Waals surface area (Å²) in [7, 11) is 6.02. The van der Waals surface area contributed by atoms with Gasteiger partial charge in [0.2, 0.25) is 0 Å². The summed E-state index contributed by atoms with van der Waals surface area (Å²) >= 11 is 6.54. The third kappa shape index (κ3) is 7.12. The zero-order chi connectivity index (χ0) is 27.1. The molecule has 2 aromatic carbocycles. The summed E-state index contributed by atoms with van der Waals surface area (Å²) in [6.45, 7) is 2.61. The number of halogens is 1. The number of hydrogen-bond acceptors (Lipinski definition) is 7. The molecule has 198 valence electrons. The second kappa shape index (κ2) is 12.6. The van der Waals surface area contributed by atoms with E-state index in [1.54, 1.807) is 18.5 Å². The normalized spacial score (nSPS) is 11.1. The summed E-state index contributed by atoms with van der Waals surface area (Å²) in [6, 6.07) is 17.4. The first kappa shape index (κ1) is 27.2. The molecule has 3 N–H and O–H groups in total. The van der Waals surface area contributed by atoms with Crippen LogP contribution in [0.2, 0.25) is 5.02 Å². The summed E-state index contributed by atoms with van der Waals surface area (Å²) in [5, 5.41) is 5.20. The van der Waals surface area contributed by atoms with E-state index < -0.39 is 0 Å². The van der Waals surface area contributed by atoms with E-state index in [9.17, 15) is 4.79 Å². The molecule has 1 amide bonds. The van der Waals surface area contributed by atoms with E-state index in [0.29, 0.717) is 41.9 Å². The number of nitrogens with one attached hydrogen (secondary N) is 1. The number of nitrogens with two attached hydrogens (primary N) is 1. The zero-order valence-corrected chi connectivity index (χ0v) is 22.7. The Balaban J connectivity index is 1.34. The molecule has 0 aliphatic heterocycles. The van der Waals surface area contributed by atoms with Gasteiger partial charge in [-0.25, -0.2) is 9.97 Å². The van der Waals surface area contributed by atoms with E-state index in [2.05, 4.69) is 34.3 Å². The van der Waals surface area contributed by atoms with E-state index in [-0.39, 0.29) is 5.91 Å². The van der Waals surface area contributed by atoms with Crippen LogP contribution in [0.1, 0.15) is 27.9 Å². The molecular weight excluding hydrogens is 500 g/mol. The van der Waals surface area contributed by atoms with Crippen molar-refractivity contribution in [3.63, 3.8) is 0 Å². The first-order valence-electron chi connectivity index (χ1n) is 12.4. The third-order valence-electron chi connectivity index (χ3n) is 6.09. The Labute approximate surface area is 228 Å². The number of rotatable bonds is 11. The highest BCUT2D eigenvalue weighted by Gasteiger charge is 2.14. The summed E-state index contributed by atoms with van der Waals surface area (Å²) in [4.78, 5) is 25.4. The smallest absolute Gasteiger partial charge is 0.253 e. The van der Waals surface area contributed by atoms with Gasteiger partial charge in [-0.3, -0.25) is 4.79 Å². The van der Waals surface area contributed by atoms with Crippen molar-refractivity contribution < 1.29 is 9.53 Å². The topological polar surface area (TPSA) is 96.6 Å². The highest BCUT2D eigenvalue weighted by atomic mass is 35.5. The molecule has 8 nitrogen and oxygen atoms in total. The number of pyridine rings is 2. The molecule has 2 aromatic heterocycles. The SMILES string of the molecule is CN(C)CCCOc1cccc(CN(C)c2ncc(C(=O)NCc3ccc4c(N)nccc4c3)cc2Cl)c1. The number of nitrogen functional groups attached to an aromatic ring is 1. The molecule has 0 bridgehead atoms. The lowest BCUT2D eigenvalue weighted by Crippen LogP contribution is -2.24. The maximum absolute atomic E-state index is 12.8. The number of ether oxygens (including phenoxy) is 1. The molecule has 4 aromatic rings. The average Bonchev–Trinajstić information content (AvgIpc) is 2.90. The Morgan fingerprint density at radius 1 is 1.05 bits per heavy atom. The van der Waals surface area contributed by atoms with E-state index in [4.69, 9.17) is 22.1 Å². The second-order valence-electron chi connectivity index (χ2n) is 9.47. The first-order valence-corrected chi connectivity index (χ1v) is 12.8. The molecule has 0 radical (unpaired) electrons. The number of nitrogens with zero attached hydrogens (tertiary/aromatic N) is 4. The zero-order valence-electron chi connectivity index (χ0n) is 21.9. The summed E-state index contributed by atoms with van der Waals surface area (Å²) < 4.78 is 5.89. The van der Waals surface area contributed by atoms with Crippen LogP contribution in [0.25, 0.3) is 10.8 Å². The van der Waals surface area contributed by atoms with Gasteiger partial charge >= 0.3 is 0 Å². The van der Waals surface area contributed by atoms with Crippen molar-refractivity contribution in [2.45, 2.75) is 19.5 Å². The predicted molar refractivity (Wildman–Crippen MR) is 154 cm³/mol. The Morgan fingerprint density at radius 3 is 2.68 bits per heavy atom. The lowest BCUT2D eigenvalue weighted by molar-refractivity contribution is 0.0950. The number of anilines is 2. The molecule has 0 spiro atoms. The van der Waals surface area contributed by atoms with Crippen LogP contribution in [0.5, 0.6) is 5.75 Å². The van der Waals surface area contributed by atoms with Gasteiger partial charge in [0.05, 0.1) is 17.2 Å². The van der Waals surface area contributed by atoms with E-state index in [0.717, 1.165) is 40.6 Å². The molecule has 38 heavy (non-hydrogen) atoms. The van der Waals surface area contributed by atoms with Crippen LogP contribution in [0.15, 0.2) is 67.0 Å². The number of carbonyl (C=O) groups is 1. The van der Waals surface area contributed by atoms with E-state index >= 15 is 0 Å². The number of benzene rings is 2. The Bertz CT molecular complexity index is 1410. The van der Waals surface area contributed by atoms with Crippen molar-refractivity contribution in [2.24, 2.45) is 0 Å². The number of carbonyl (C=O) groups excluding carboxylic acids is 1. The van der Waals surface area contributed by atoms with Crippen LogP contribution < -0.4 is 20.7 Å². The Morgan fingerprint density at radius 2 is 1.89 bits per heavy atom. The minimum Gasteiger partial charge on any atom is -0.494 e. The van der Waals surface area contributed by atoms with Crippen LogP contribution in [-0.2, 0) is 13.1 Å². The fourth-order valence-electron chi connectivity index (χ4n) is 4.13.